The lowest BCUT2D eigenvalue weighted by molar-refractivity contribution is -0.434. The summed E-state index contributed by atoms with van der Waals surface area (Å²) in [7, 11) is 0. The van der Waals surface area contributed by atoms with Gasteiger partial charge in [-0.25, -0.2) is 0 Å². The standard InChI is InChI=1S/C2N12O4/c15-13(16)9-11-1(3-5-7-11)2-4-6-8-12(2)10-14(17)18/q-2. The van der Waals surface area contributed by atoms with Crippen molar-refractivity contribution < 1.29 is 10.1 Å². The Kier molecular flexibility index (Phi) is 2.57. The van der Waals surface area contributed by atoms with E-state index >= 15 is 0 Å². The fraction of sp³-hybridized carbons (Fsp3) is 0. The van der Waals surface area contributed by atoms with Crippen LogP contribution >= 0.6 is 0 Å². The minimum absolute atomic E-state index is 0.387. The molecule has 2 aromatic heterocycles. The Labute approximate surface area is 94.7 Å². The van der Waals surface area contributed by atoms with Crippen molar-refractivity contribution >= 4 is 0 Å². The first kappa shape index (κ1) is 11.0. The van der Waals surface area contributed by atoms with Crippen LogP contribution in [0.2, 0.25) is 0 Å². The van der Waals surface area contributed by atoms with Crippen LogP contribution in [0.4, 0.5) is 0 Å². The van der Waals surface area contributed by atoms with Gasteiger partial charge in [0.2, 0.25) is 0 Å². The normalized spacial score (nSPS) is 10.0. The van der Waals surface area contributed by atoms with E-state index in [1.807, 2.05) is 0 Å². The smallest absolute Gasteiger partial charge is 0.322 e. The van der Waals surface area contributed by atoms with E-state index in [1.54, 1.807) is 0 Å². The molecule has 16 nitrogen and oxygen atoms in total. The van der Waals surface area contributed by atoms with Crippen LogP contribution in [0.5, 0.6) is 0 Å². The quantitative estimate of drug-likeness (QED) is 0.424. The molecule has 0 saturated heterocycles. The summed E-state index contributed by atoms with van der Waals surface area (Å²) in [6.07, 6.45) is 0. The minimum atomic E-state index is -1.07. The highest BCUT2D eigenvalue weighted by Gasteiger charge is 2.20. The van der Waals surface area contributed by atoms with Crippen molar-refractivity contribution in [2.75, 3.05) is 0 Å². The zero-order valence-corrected chi connectivity index (χ0v) is 8.00. The molecule has 0 aromatic carbocycles. The lowest BCUT2D eigenvalue weighted by atomic mass is 10.6. The van der Waals surface area contributed by atoms with Crippen molar-refractivity contribution in [2.45, 2.75) is 0 Å². The Hall–Kier alpha value is -3.46. The summed E-state index contributed by atoms with van der Waals surface area (Å²) in [5.41, 5.74) is 5.56. The summed E-state index contributed by atoms with van der Waals surface area (Å²) in [5, 5.41) is 37.4. The molecule has 0 aliphatic heterocycles. The Morgan fingerprint density at radius 1 is 0.889 bits per heavy atom. The third-order valence-electron chi connectivity index (χ3n) is 1.42. The topological polar surface area (TPSA) is 202 Å². The summed E-state index contributed by atoms with van der Waals surface area (Å²) < 4.78 is 0. The second kappa shape index (κ2) is 4.19. The molecule has 0 aliphatic carbocycles. The first-order valence-corrected chi connectivity index (χ1v) is 3.87. The van der Waals surface area contributed by atoms with Crippen molar-refractivity contribution in [3.05, 3.63) is 31.3 Å². The van der Waals surface area contributed by atoms with Crippen molar-refractivity contribution in [1.29, 1.82) is 0 Å². The van der Waals surface area contributed by atoms with Crippen molar-refractivity contribution in [2.24, 2.45) is 0 Å². The van der Waals surface area contributed by atoms with E-state index in [0.717, 1.165) is 0 Å². The Morgan fingerprint density at radius 3 is 1.61 bits per heavy atom. The molecule has 2 rings (SSSR count). The van der Waals surface area contributed by atoms with E-state index < -0.39 is 10.1 Å². The Balaban J connectivity index is 2.37. The van der Waals surface area contributed by atoms with Gasteiger partial charge in [0, 0.05) is 0 Å². The van der Waals surface area contributed by atoms with Crippen LogP contribution in [0.15, 0.2) is 0 Å². The van der Waals surface area contributed by atoms with Crippen LogP contribution < -0.4 is 0 Å². The van der Waals surface area contributed by atoms with Crippen LogP contribution in [0.1, 0.15) is 0 Å². The number of nitrogens with zero attached hydrogens (tertiary/aromatic N) is 12. The van der Waals surface area contributed by atoms with E-state index in [1.165, 1.54) is 0 Å². The summed E-state index contributed by atoms with van der Waals surface area (Å²) in [4.78, 5) is 21.1. The molecule has 0 spiro atoms. The largest absolute Gasteiger partial charge is 0.355 e. The zero-order valence-electron chi connectivity index (χ0n) is 8.00. The van der Waals surface area contributed by atoms with Crippen molar-refractivity contribution in [3.8, 4) is 11.6 Å². The van der Waals surface area contributed by atoms with Gasteiger partial charge in [0.25, 0.3) is 0 Å². The predicted octanol–water partition coefficient (Wildman–Crippen LogP) is -2.02. The number of nitro groups is 2. The molecule has 2 heterocycles. The SMILES string of the molecule is O=[N+]([O-])[N-]n1nnnc1-c1nnnn1[N-][N+](=O)[O-]. The van der Waals surface area contributed by atoms with E-state index in [0.29, 0.717) is 9.58 Å². The lowest BCUT2D eigenvalue weighted by Crippen LogP contribution is -2.09. The van der Waals surface area contributed by atoms with Crippen LogP contribution in [0.3, 0.4) is 0 Å². The monoisotopic (exact) mass is 256 g/mol. The maximum Gasteiger partial charge on any atom is 0.322 e. The van der Waals surface area contributed by atoms with Crippen LogP contribution in [-0.4, -0.2) is 50.7 Å². The molecule has 0 unspecified atom stereocenters. The first-order chi connectivity index (χ1) is 8.58. The summed E-state index contributed by atoms with van der Waals surface area (Å²) >= 11 is 0. The highest BCUT2D eigenvalue weighted by Crippen LogP contribution is 2.13. The Morgan fingerprint density at radius 2 is 1.28 bits per heavy atom. The second-order valence-electron chi connectivity index (χ2n) is 2.44. The molecule has 0 N–H and O–H groups in total. The molecular weight excluding hydrogens is 256 g/mol. The summed E-state index contributed by atoms with van der Waals surface area (Å²) in [6.45, 7) is 0. The van der Waals surface area contributed by atoms with Gasteiger partial charge in [-0.1, -0.05) is 21.3 Å². The van der Waals surface area contributed by atoms with E-state index in [2.05, 4.69) is 42.1 Å². The highest BCUT2D eigenvalue weighted by atomic mass is 16.7. The van der Waals surface area contributed by atoms with Crippen LogP contribution in [0, 0.1) is 20.2 Å². The van der Waals surface area contributed by atoms with Crippen LogP contribution in [-0.2, 0) is 0 Å². The Bertz CT molecular complexity index is 530. The number of hydrogen-bond acceptors (Lipinski definition) is 10. The minimum Gasteiger partial charge on any atom is -0.355 e. The van der Waals surface area contributed by atoms with Gasteiger partial charge in [-0.3, -0.25) is 0 Å². The van der Waals surface area contributed by atoms with Gasteiger partial charge in [-0.05, 0) is 10.1 Å². The van der Waals surface area contributed by atoms with Crippen molar-refractivity contribution in [3.63, 3.8) is 0 Å². The molecule has 16 heteroatoms. The average molecular weight is 256 g/mol. The average Bonchev–Trinajstić information content (AvgIpc) is 2.85. The van der Waals surface area contributed by atoms with E-state index in [9.17, 15) is 20.2 Å². The third kappa shape index (κ3) is 2.05. The van der Waals surface area contributed by atoms with Gasteiger partial charge in [-0.2, -0.15) is 10.4 Å². The van der Waals surface area contributed by atoms with Gasteiger partial charge in [0.05, 0.1) is 0 Å². The molecule has 0 aliphatic rings. The molecule has 0 radical (unpaired) electrons. The molecule has 0 amide bonds. The molecule has 0 fully saturated rings. The highest BCUT2D eigenvalue weighted by molar-refractivity contribution is 5.42. The number of aromatic nitrogens is 8. The van der Waals surface area contributed by atoms with Gasteiger partial charge in [0.15, 0.2) is 0 Å². The first-order valence-electron chi connectivity index (χ1n) is 3.87. The van der Waals surface area contributed by atoms with Gasteiger partial charge >= 0.3 is 11.6 Å². The lowest BCUT2D eigenvalue weighted by Gasteiger charge is -2.05. The molecule has 94 valence electrons. The van der Waals surface area contributed by atoms with Gasteiger partial charge in [0.1, 0.15) is 0 Å². The molecule has 18 heavy (non-hydrogen) atoms. The van der Waals surface area contributed by atoms with Crippen molar-refractivity contribution in [1.82, 2.24) is 40.6 Å². The van der Waals surface area contributed by atoms with Gasteiger partial charge in [-0.15, -0.1) is 20.0 Å². The van der Waals surface area contributed by atoms with Crippen LogP contribution in [0.25, 0.3) is 22.7 Å². The summed E-state index contributed by atoms with van der Waals surface area (Å²) in [5.74, 6) is -0.774. The fourth-order valence-electron chi connectivity index (χ4n) is 0.892. The van der Waals surface area contributed by atoms with Gasteiger partial charge < -0.3 is 20.2 Å². The molecule has 2 aromatic rings. The molecule has 0 saturated carbocycles. The number of hydrogen-bond donors (Lipinski definition) is 0. The van der Waals surface area contributed by atoms with E-state index in [4.69, 9.17) is 0 Å². The number of rotatable bonds is 5. The maximum atomic E-state index is 10.2. The maximum absolute atomic E-state index is 10.2. The molecule has 0 atom stereocenters. The fourth-order valence-corrected chi connectivity index (χ4v) is 0.892. The number of tetrazole rings is 2. The third-order valence-corrected chi connectivity index (χ3v) is 1.42. The predicted molar refractivity (Wildman–Crippen MR) is 46.1 cm³/mol. The second-order valence-corrected chi connectivity index (χ2v) is 2.44. The van der Waals surface area contributed by atoms with E-state index in [-0.39, 0.29) is 11.6 Å². The summed E-state index contributed by atoms with van der Waals surface area (Å²) in [6, 6.07) is 0. The molecule has 0 bridgehead atoms. The zero-order chi connectivity index (χ0) is 13.1. The molecular formula is C2N12O4-2.